The van der Waals surface area contributed by atoms with Crippen molar-refractivity contribution in [2.75, 3.05) is 27.3 Å². The van der Waals surface area contributed by atoms with Crippen LogP contribution < -0.4 is 20.1 Å². The van der Waals surface area contributed by atoms with Crippen molar-refractivity contribution in [3.63, 3.8) is 0 Å². The highest BCUT2D eigenvalue weighted by Gasteiger charge is 2.31. The van der Waals surface area contributed by atoms with Gasteiger partial charge in [0.25, 0.3) is 0 Å². The van der Waals surface area contributed by atoms with Crippen LogP contribution in [0.2, 0.25) is 0 Å². The number of amides is 2. The van der Waals surface area contributed by atoms with Gasteiger partial charge < -0.3 is 20.1 Å². The second-order valence-electron chi connectivity index (χ2n) is 6.93. The van der Waals surface area contributed by atoms with Gasteiger partial charge in [-0.05, 0) is 23.3 Å². The van der Waals surface area contributed by atoms with Crippen LogP contribution >= 0.6 is 0 Å². The van der Waals surface area contributed by atoms with Crippen molar-refractivity contribution < 1.29 is 19.1 Å². The maximum absolute atomic E-state index is 12.5. The number of nitrogens with zero attached hydrogens (tertiary/aromatic N) is 1. The number of methoxy groups -OCH3 is 2. The van der Waals surface area contributed by atoms with Crippen molar-refractivity contribution in [3.8, 4) is 11.5 Å². The molecule has 0 bridgehead atoms. The van der Waals surface area contributed by atoms with Gasteiger partial charge in [0.05, 0.1) is 26.7 Å². The lowest BCUT2D eigenvalue weighted by Crippen LogP contribution is -2.56. The summed E-state index contributed by atoms with van der Waals surface area (Å²) in [6.07, 6.45) is 0.117. The van der Waals surface area contributed by atoms with E-state index in [1.165, 1.54) is 0 Å². The van der Waals surface area contributed by atoms with Gasteiger partial charge in [0.2, 0.25) is 11.8 Å². The van der Waals surface area contributed by atoms with Gasteiger partial charge in [0, 0.05) is 26.2 Å². The van der Waals surface area contributed by atoms with Crippen LogP contribution in [0.3, 0.4) is 0 Å². The molecule has 0 radical (unpaired) electrons. The van der Waals surface area contributed by atoms with Crippen molar-refractivity contribution in [1.29, 1.82) is 0 Å². The zero-order chi connectivity index (χ0) is 20.6. The van der Waals surface area contributed by atoms with Gasteiger partial charge in [0.1, 0.15) is 0 Å². The van der Waals surface area contributed by atoms with Crippen LogP contribution in [-0.4, -0.2) is 50.1 Å². The minimum absolute atomic E-state index is 0.117. The van der Waals surface area contributed by atoms with Crippen molar-refractivity contribution in [1.82, 2.24) is 15.5 Å². The summed E-state index contributed by atoms with van der Waals surface area (Å²) in [4.78, 5) is 26.9. The van der Waals surface area contributed by atoms with Gasteiger partial charge in [-0.25, -0.2) is 0 Å². The van der Waals surface area contributed by atoms with E-state index in [9.17, 15) is 9.59 Å². The zero-order valence-corrected chi connectivity index (χ0v) is 16.8. The summed E-state index contributed by atoms with van der Waals surface area (Å²) in [5.74, 6) is 1.04. The molecule has 0 aromatic heterocycles. The van der Waals surface area contributed by atoms with E-state index in [1.807, 2.05) is 53.4 Å². The average Bonchev–Trinajstić information content (AvgIpc) is 2.75. The summed E-state index contributed by atoms with van der Waals surface area (Å²) in [5.41, 5.74) is 2.02. The number of hydrogen-bond acceptors (Lipinski definition) is 5. The van der Waals surface area contributed by atoms with E-state index in [1.54, 1.807) is 14.2 Å². The van der Waals surface area contributed by atoms with Crippen LogP contribution in [0.1, 0.15) is 17.5 Å². The van der Waals surface area contributed by atoms with Gasteiger partial charge in [-0.2, -0.15) is 0 Å². The molecule has 0 unspecified atom stereocenters. The van der Waals surface area contributed by atoms with Gasteiger partial charge in [0.15, 0.2) is 11.5 Å². The Morgan fingerprint density at radius 2 is 1.86 bits per heavy atom. The third-order valence-corrected chi connectivity index (χ3v) is 4.99. The Hall–Kier alpha value is -3.06. The Morgan fingerprint density at radius 3 is 2.59 bits per heavy atom. The number of hydrogen-bond donors (Lipinski definition) is 2. The maximum Gasteiger partial charge on any atom is 0.237 e. The van der Waals surface area contributed by atoms with Crippen molar-refractivity contribution >= 4 is 11.8 Å². The number of nitrogens with one attached hydrogen (secondary N) is 2. The SMILES string of the molecule is COc1ccc(CN2CCNC(=O)[C@H]2CC(=O)NCc2ccccc2)cc1OC. The summed E-state index contributed by atoms with van der Waals surface area (Å²) in [6, 6.07) is 14.9. The standard InChI is InChI=1S/C22H27N3O4/c1-28-19-9-8-17(12-20(19)29-2)15-25-11-10-23-22(27)18(25)13-21(26)24-14-16-6-4-3-5-7-16/h3-9,12,18H,10-11,13-15H2,1-2H3,(H,23,27)(H,24,26)/t18-/m1/s1. The zero-order valence-electron chi connectivity index (χ0n) is 16.8. The molecule has 1 aliphatic rings. The molecule has 2 N–H and O–H groups in total. The minimum Gasteiger partial charge on any atom is -0.493 e. The maximum atomic E-state index is 12.5. The fourth-order valence-corrected chi connectivity index (χ4v) is 3.43. The third kappa shape index (κ3) is 5.48. The normalized spacial score (nSPS) is 16.8. The Kier molecular flexibility index (Phi) is 7.08. The van der Waals surface area contributed by atoms with Crippen LogP contribution in [-0.2, 0) is 22.7 Å². The molecular formula is C22H27N3O4. The van der Waals surface area contributed by atoms with Gasteiger partial charge in [-0.1, -0.05) is 36.4 Å². The van der Waals surface area contributed by atoms with E-state index in [0.29, 0.717) is 37.7 Å². The van der Waals surface area contributed by atoms with Crippen LogP contribution in [0.25, 0.3) is 0 Å². The molecule has 0 saturated carbocycles. The average molecular weight is 397 g/mol. The summed E-state index contributed by atoms with van der Waals surface area (Å²) < 4.78 is 10.6. The molecule has 2 aromatic rings. The number of carbonyl (C=O) groups excluding carboxylic acids is 2. The van der Waals surface area contributed by atoms with E-state index in [0.717, 1.165) is 11.1 Å². The number of carbonyl (C=O) groups is 2. The second kappa shape index (κ2) is 9.93. The molecule has 1 fully saturated rings. The van der Waals surface area contributed by atoms with Crippen LogP contribution in [0.5, 0.6) is 11.5 Å². The topological polar surface area (TPSA) is 79.9 Å². The molecule has 1 heterocycles. The third-order valence-electron chi connectivity index (χ3n) is 4.99. The summed E-state index contributed by atoms with van der Waals surface area (Å²) >= 11 is 0. The molecule has 0 aliphatic carbocycles. The monoisotopic (exact) mass is 397 g/mol. The van der Waals surface area contributed by atoms with E-state index < -0.39 is 6.04 Å². The summed E-state index contributed by atoms with van der Waals surface area (Å²) in [6.45, 7) is 2.24. The molecule has 1 saturated heterocycles. The Morgan fingerprint density at radius 1 is 1.10 bits per heavy atom. The van der Waals surface area contributed by atoms with E-state index in [-0.39, 0.29) is 18.2 Å². The first-order valence-corrected chi connectivity index (χ1v) is 9.64. The summed E-state index contributed by atoms with van der Waals surface area (Å²) in [5, 5.41) is 5.76. The van der Waals surface area contributed by atoms with Crippen molar-refractivity contribution in [2.45, 2.75) is 25.6 Å². The minimum atomic E-state index is -0.507. The smallest absolute Gasteiger partial charge is 0.237 e. The Balaban J connectivity index is 1.64. The number of ether oxygens (including phenoxy) is 2. The highest BCUT2D eigenvalue weighted by Crippen LogP contribution is 2.28. The summed E-state index contributed by atoms with van der Waals surface area (Å²) in [7, 11) is 3.19. The largest absolute Gasteiger partial charge is 0.493 e. The lowest BCUT2D eigenvalue weighted by Gasteiger charge is -2.34. The number of rotatable bonds is 8. The molecule has 7 heteroatoms. The fourth-order valence-electron chi connectivity index (χ4n) is 3.43. The molecule has 7 nitrogen and oxygen atoms in total. The molecule has 1 atom stereocenters. The molecule has 3 rings (SSSR count). The first-order valence-electron chi connectivity index (χ1n) is 9.64. The van der Waals surface area contributed by atoms with Gasteiger partial charge >= 0.3 is 0 Å². The number of benzene rings is 2. The molecule has 29 heavy (non-hydrogen) atoms. The molecule has 2 amide bonds. The first kappa shape index (κ1) is 20.7. The van der Waals surface area contributed by atoms with E-state index in [2.05, 4.69) is 10.6 Å². The molecule has 154 valence electrons. The Labute approximate surface area is 171 Å². The highest BCUT2D eigenvalue weighted by atomic mass is 16.5. The molecular weight excluding hydrogens is 370 g/mol. The van der Waals surface area contributed by atoms with E-state index >= 15 is 0 Å². The van der Waals surface area contributed by atoms with Crippen LogP contribution in [0, 0.1) is 0 Å². The second-order valence-corrected chi connectivity index (χ2v) is 6.93. The lowest BCUT2D eigenvalue weighted by molar-refractivity contribution is -0.134. The van der Waals surface area contributed by atoms with Crippen LogP contribution in [0.15, 0.2) is 48.5 Å². The van der Waals surface area contributed by atoms with Crippen molar-refractivity contribution in [2.24, 2.45) is 0 Å². The quantitative estimate of drug-likeness (QED) is 0.709. The predicted molar refractivity (Wildman–Crippen MR) is 110 cm³/mol. The van der Waals surface area contributed by atoms with Crippen LogP contribution in [0.4, 0.5) is 0 Å². The van der Waals surface area contributed by atoms with Gasteiger partial charge in [-0.3, -0.25) is 14.5 Å². The van der Waals surface area contributed by atoms with Crippen molar-refractivity contribution in [3.05, 3.63) is 59.7 Å². The lowest BCUT2D eigenvalue weighted by atomic mass is 10.1. The first-order chi connectivity index (χ1) is 14.1. The van der Waals surface area contributed by atoms with Gasteiger partial charge in [-0.15, -0.1) is 0 Å². The molecule has 2 aromatic carbocycles. The number of piperazine rings is 1. The predicted octanol–water partition coefficient (Wildman–Crippen LogP) is 1.71. The van der Waals surface area contributed by atoms with E-state index in [4.69, 9.17) is 9.47 Å². The molecule has 1 aliphatic heterocycles. The molecule has 0 spiro atoms. The fraction of sp³-hybridized carbons (Fsp3) is 0.364. The Bertz CT molecular complexity index is 841. The highest BCUT2D eigenvalue weighted by molar-refractivity contribution is 5.88.